The third kappa shape index (κ3) is 3.87. The van der Waals surface area contributed by atoms with Crippen molar-refractivity contribution in [3.8, 4) is 5.75 Å². The number of halogens is 2. The van der Waals surface area contributed by atoms with Gasteiger partial charge in [0.1, 0.15) is 24.6 Å². The van der Waals surface area contributed by atoms with Crippen LogP contribution in [0.2, 0.25) is 0 Å². The Morgan fingerprint density at radius 2 is 2.07 bits per heavy atom. The molecule has 1 aliphatic rings. The molecule has 0 saturated heterocycles. The first-order chi connectivity index (χ1) is 14.2. The zero-order valence-corrected chi connectivity index (χ0v) is 16.5. The summed E-state index contributed by atoms with van der Waals surface area (Å²) in [6, 6.07) is 8.60. The molecule has 0 N–H and O–H groups in total. The van der Waals surface area contributed by atoms with Crippen LogP contribution < -0.4 is 9.64 Å². The average molecular weight is 414 g/mol. The Hall–Kier alpha value is -3.36. The zero-order chi connectivity index (χ0) is 21.5. The number of fused-ring (bicyclic) bond motifs is 2. The van der Waals surface area contributed by atoms with Crippen molar-refractivity contribution in [1.82, 2.24) is 14.8 Å². The van der Waals surface area contributed by atoms with Gasteiger partial charge in [-0.1, -0.05) is 12.1 Å². The zero-order valence-electron chi connectivity index (χ0n) is 16.5. The standard InChI is InChI=1S/C21H20F2N4O3/c1-21(22,23)12-27-17-8-15(24-9-14(17)10-25-27)18(28)7-13-11-30-19-6-4-3-5-16(19)26(2)20(13)29/h3-6,8-10,13H,7,11-12H2,1-2H3/t13-/m0/s1. The highest BCUT2D eigenvalue weighted by atomic mass is 19.3. The Bertz CT molecular complexity index is 1120. The highest BCUT2D eigenvalue weighted by Crippen LogP contribution is 2.32. The number of hydrogen-bond donors (Lipinski definition) is 0. The summed E-state index contributed by atoms with van der Waals surface area (Å²) in [4.78, 5) is 31.3. The van der Waals surface area contributed by atoms with Gasteiger partial charge in [-0.3, -0.25) is 19.3 Å². The number of benzene rings is 1. The number of hydrogen-bond acceptors (Lipinski definition) is 5. The van der Waals surface area contributed by atoms with Crippen molar-refractivity contribution in [3.05, 3.63) is 48.4 Å². The number of nitrogens with zero attached hydrogens (tertiary/aromatic N) is 4. The number of Topliss-reactive ketones (excluding diaryl/α,β-unsaturated/α-hetero) is 1. The van der Waals surface area contributed by atoms with Gasteiger partial charge < -0.3 is 9.64 Å². The van der Waals surface area contributed by atoms with Gasteiger partial charge in [-0.15, -0.1) is 0 Å². The molecule has 1 atom stereocenters. The van der Waals surface area contributed by atoms with Gasteiger partial charge in [0, 0.05) is 32.0 Å². The molecule has 9 heteroatoms. The third-order valence-corrected chi connectivity index (χ3v) is 5.02. The molecule has 156 valence electrons. The van der Waals surface area contributed by atoms with Gasteiger partial charge >= 0.3 is 0 Å². The maximum absolute atomic E-state index is 13.4. The third-order valence-electron chi connectivity index (χ3n) is 5.02. The number of aromatic nitrogens is 3. The number of para-hydroxylation sites is 2. The summed E-state index contributed by atoms with van der Waals surface area (Å²) in [7, 11) is 1.64. The predicted molar refractivity (Wildman–Crippen MR) is 106 cm³/mol. The van der Waals surface area contributed by atoms with Crippen LogP contribution in [0.3, 0.4) is 0 Å². The summed E-state index contributed by atoms with van der Waals surface area (Å²) in [5.74, 6) is -3.65. The summed E-state index contributed by atoms with van der Waals surface area (Å²) in [5.41, 5.74) is 1.13. The minimum atomic E-state index is -2.95. The molecule has 3 aromatic rings. The fourth-order valence-corrected chi connectivity index (χ4v) is 3.50. The molecule has 0 spiro atoms. The van der Waals surface area contributed by atoms with E-state index in [4.69, 9.17) is 4.74 Å². The van der Waals surface area contributed by atoms with E-state index in [1.54, 1.807) is 25.2 Å². The molecular formula is C21H20F2N4O3. The first-order valence-electron chi connectivity index (χ1n) is 9.45. The second kappa shape index (κ2) is 7.47. The quantitative estimate of drug-likeness (QED) is 0.599. The van der Waals surface area contributed by atoms with Gasteiger partial charge in [-0.2, -0.15) is 5.10 Å². The van der Waals surface area contributed by atoms with Gasteiger partial charge in [0.25, 0.3) is 5.92 Å². The van der Waals surface area contributed by atoms with E-state index in [-0.39, 0.29) is 30.4 Å². The van der Waals surface area contributed by atoms with E-state index in [9.17, 15) is 18.4 Å². The lowest BCUT2D eigenvalue weighted by Crippen LogP contribution is -2.34. The number of ketones is 1. The number of carbonyl (C=O) groups excluding carboxylic acids is 2. The van der Waals surface area contributed by atoms with Crippen LogP contribution in [0.4, 0.5) is 14.5 Å². The lowest BCUT2D eigenvalue weighted by Gasteiger charge is -2.19. The molecular weight excluding hydrogens is 394 g/mol. The first-order valence-corrected chi connectivity index (χ1v) is 9.45. The maximum atomic E-state index is 13.4. The predicted octanol–water partition coefficient (Wildman–Crippen LogP) is 3.33. The van der Waals surface area contributed by atoms with Crippen LogP contribution in [0.15, 0.2) is 42.7 Å². The van der Waals surface area contributed by atoms with E-state index >= 15 is 0 Å². The Morgan fingerprint density at radius 1 is 1.30 bits per heavy atom. The highest BCUT2D eigenvalue weighted by Gasteiger charge is 2.31. The second-order valence-corrected chi connectivity index (χ2v) is 7.50. The van der Waals surface area contributed by atoms with Crippen molar-refractivity contribution in [2.45, 2.75) is 25.8 Å². The van der Waals surface area contributed by atoms with Crippen LogP contribution >= 0.6 is 0 Å². The van der Waals surface area contributed by atoms with Crippen molar-refractivity contribution in [3.63, 3.8) is 0 Å². The summed E-state index contributed by atoms with van der Waals surface area (Å²) in [6.45, 7) is 0.264. The number of rotatable bonds is 5. The Morgan fingerprint density at radius 3 is 2.83 bits per heavy atom. The van der Waals surface area contributed by atoms with Crippen LogP contribution in [0.5, 0.6) is 5.75 Å². The Balaban J connectivity index is 1.56. The fourth-order valence-electron chi connectivity index (χ4n) is 3.50. The molecule has 0 fully saturated rings. The molecule has 0 aliphatic carbocycles. The van der Waals surface area contributed by atoms with E-state index in [1.165, 1.54) is 23.4 Å². The molecule has 4 rings (SSSR count). The van der Waals surface area contributed by atoms with Crippen LogP contribution in [-0.2, 0) is 11.3 Å². The summed E-state index contributed by atoms with van der Waals surface area (Å²) in [6.07, 6.45) is 2.75. The number of carbonyl (C=O) groups is 2. The molecule has 1 amide bonds. The fraction of sp³-hybridized carbons (Fsp3) is 0.333. The summed E-state index contributed by atoms with van der Waals surface area (Å²) in [5, 5.41) is 4.51. The molecule has 0 bridgehead atoms. The van der Waals surface area contributed by atoms with Crippen molar-refractivity contribution in [1.29, 1.82) is 0 Å². The molecule has 0 saturated carbocycles. The van der Waals surface area contributed by atoms with Gasteiger partial charge in [-0.25, -0.2) is 8.78 Å². The van der Waals surface area contributed by atoms with Crippen LogP contribution in [0, 0.1) is 5.92 Å². The molecule has 3 heterocycles. The average Bonchev–Trinajstić information content (AvgIpc) is 3.05. The van der Waals surface area contributed by atoms with Crippen LogP contribution in [0.25, 0.3) is 10.9 Å². The first kappa shape index (κ1) is 19.9. The van der Waals surface area contributed by atoms with Gasteiger partial charge in [0.05, 0.1) is 23.3 Å². The van der Waals surface area contributed by atoms with Crippen molar-refractivity contribution < 1.29 is 23.1 Å². The van der Waals surface area contributed by atoms with E-state index in [2.05, 4.69) is 10.1 Å². The Labute approximate surface area is 171 Å². The summed E-state index contributed by atoms with van der Waals surface area (Å²) < 4.78 is 33.7. The van der Waals surface area contributed by atoms with Crippen molar-refractivity contribution >= 4 is 28.3 Å². The van der Waals surface area contributed by atoms with Gasteiger partial charge in [0.2, 0.25) is 5.91 Å². The molecule has 0 unspecified atom stereocenters. The number of alkyl halides is 2. The number of pyridine rings is 1. The van der Waals surface area contributed by atoms with E-state index in [1.807, 2.05) is 6.07 Å². The minimum absolute atomic E-state index is 0.0637. The number of anilines is 1. The van der Waals surface area contributed by atoms with E-state index in [0.29, 0.717) is 22.3 Å². The minimum Gasteiger partial charge on any atom is -0.491 e. The SMILES string of the molecule is CN1C(=O)[C@@H](CC(=O)c2cc3c(cn2)cnn3CC(C)(F)F)COc2ccccc21. The lowest BCUT2D eigenvalue weighted by atomic mass is 10.00. The smallest absolute Gasteiger partial charge is 0.264 e. The summed E-state index contributed by atoms with van der Waals surface area (Å²) >= 11 is 0. The maximum Gasteiger partial charge on any atom is 0.264 e. The van der Waals surface area contributed by atoms with E-state index < -0.39 is 18.4 Å². The van der Waals surface area contributed by atoms with Crippen molar-refractivity contribution in [2.75, 3.05) is 18.6 Å². The number of amides is 1. The number of ether oxygens (including phenoxy) is 1. The molecule has 2 aromatic heterocycles. The van der Waals surface area contributed by atoms with E-state index in [0.717, 1.165) is 11.6 Å². The monoisotopic (exact) mass is 414 g/mol. The lowest BCUT2D eigenvalue weighted by molar-refractivity contribution is -0.122. The van der Waals surface area contributed by atoms with Gasteiger partial charge in [0.15, 0.2) is 5.78 Å². The van der Waals surface area contributed by atoms with Gasteiger partial charge in [-0.05, 0) is 18.2 Å². The second-order valence-electron chi connectivity index (χ2n) is 7.50. The Kier molecular flexibility index (Phi) is 4.97. The molecule has 1 aliphatic heterocycles. The molecule has 30 heavy (non-hydrogen) atoms. The largest absolute Gasteiger partial charge is 0.491 e. The molecule has 0 radical (unpaired) electrons. The van der Waals surface area contributed by atoms with Crippen LogP contribution in [0.1, 0.15) is 23.8 Å². The molecule has 1 aromatic carbocycles. The normalized spacial score (nSPS) is 16.9. The van der Waals surface area contributed by atoms with Crippen LogP contribution in [-0.4, -0.2) is 46.0 Å². The molecule has 7 nitrogen and oxygen atoms in total. The van der Waals surface area contributed by atoms with Crippen molar-refractivity contribution in [2.24, 2.45) is 5.92 Å². The highest BCUT2D eigenvalue weighted by molar-refractivity contribution is 6.03. The topological polar surface area (TPSA) is 77.3 Å².